The monoisotopic (exact) mass is 332 g/mol. The van der Waals surface area contributed by atoms with E-state index in [1.54, 1.807) is 7.05 Å². The molecule has 24 heavy (non-hydrogen) atoms. The predicted molar refractivity (Wildman–Crippen MR) is 94.8 cm³/mol. The molecule has 1 fully saturated rings. The number of hydrogen-bond acceptors (Lipinski definition) is 3. The maximum Gasteiger partial charge on any atom is 0.313 e. The Balaban J connectivity index is 1.98. The number of anilines is 1. The van der Waals surface area contributed by atoms with Gasteiger partial charge in [0.25, 0.3) is 0 Å². The van der Waals surface area contributed by atoms with Crippen LogP contribution in [0.4, 0.5) is 5.69 Å². The van der Waals surface area contributed by atoms with E-state index in [1.807, 2.05) is 38.1 Å². The molecule has 0 saturated heterocycles. The van der Waals surface area contributed by atoms with Crippen LogP contribution in [0.1, 0.15) is 51.0 Å². The van der Waals surface area contributed by atoms with Crippen LogP contribution in [0.5, 0.6) is 0 Å². The number of nitrogens with zero attached hydrogens (tertiary/aromatic N) is 1. The number of rotatable bonds is 4. The normalized spacial score (nSPS) is 20.7. The first-order chi connectivity index (χ1) is 11.4. The number of nitrogens with one attached hydrogen (secondary N) is 1. The smallest absolute Gasteiger partial charge is 0.313 e. The fourth-order valence-electron chi connectivity index (χ4n) is 3.30. The minimum absolute atomic E-state index is 0.0588. The van der Waals surface area contributed by atoms with Gasteiger partial charge in [-0.05, 0) is 30.4 Å². The SMILES string of the molecule is CC(C)c1ccccc1NC(=O)C(=O)N(C)CC1CCCCC1O. The summed E-state index contributed by atoms with van der Waals surface area (Å²) in [7, 11) is 1.62. The highest BCUT2D eigenvalue weighted by Crippen LogP contribution is 2.25. The number of likely N-dealkylation sites (N-methyl/N-ethyl adjacent to an activating group) is 1. The Kier molecular flexibility index (Phi) is 6.37. The van der Waals surface area contributed by atoms with Crippen molar-refractivity contribution in [2.45, 2.75) is 51.6 Å². The Bertz CT molecular complexity index is 586. The third-order valence-electron chi connectivity index (χ3n) is 4.75. The lowest BCUT2D eigenvalue weighted by Gasteiger charge is -2.31. The third-order valence-corrected chi connectivity index (χ3v) is 4.75. The average Bonchev–Trinajstić information content (AvgIpc) is 2.56. The summed E-state index contributed by atoms with van der Waals surface area (Å²) in [6, 6.07) is 7.52. The topological polar surface area (TPSA) is 69.6 Å². The number of hydrogen-bond donors (Lipinski definition) is 2. The van der Waals surface area contributed by atoms with Gasteiger partial charge >= 0.3 is 11.8 Å². The standard InChI is InChI=1S/C19H28N2O3/c1-13(2)15-9-5-6-10-16(15)20-18(23)19(24)21(3)12-14-8-4-7-11-17(14)22/h5-6,9-10,13-14,17,22H,4,7-8,11-12H2,1-3H3,(H,20,23). The van der Waals surface area contributed by atoms with Crippen molar-refractivity contribution in [2.75, 3.05) is 18.9 Å². The number of carbonyl (C=O) groups excluding carboxylic acids is 2. The van der Waals surface area contributed by atoms with Crippen molar-refractivity contribution >= 4 is 17.5 Å². The van der Waals surface area contributed by atoms with Crippen LogP contribution in [-0.2, 0) is 9.59 Å². The van der Waals surface area contributed by atoms with Crippen molar-refractivity contribution in [3.63, 3.8) is 0 Å². The predicted octanol–water partition coefficient (Wildman–Crippen LogP) is 2.76. The third kappa shape index (κ3) is 4.57. The second kappa shape index (κ2) is 8.29. The lowest BCUT2D eigenvalue weighted by Crippen LogP contribution is -2.42. The second-order valence-corrected chi connectivity index (χ2v) is 6.99. The Morgan fingerprint density at radius 2 is 1.92 bits per heavy atom. The first-order valence-electron chi connectivity index (χ1n) is 8.73. The van der Waals surface area contributed by atoms with Crippen LogP contribution >= 0.6 is 0 Å². The number of amides is 2. The molecule has 132 valence electrons. The summed E-state index contributed by atoms with van der Waals surface area (Å²) < 4.78 is 0. The number of benzene rings is 1. The molecule has 2 atom stereocenters. The van der Waals surface area contributed by atoms with Gasteiger partial charge in [0.15, 0.2) is 0 Å². The molecule has 5 nitrogen and oxygen atoms in total. The molecule has 0 aromatic heterocycles. The molecule has 5 heteroatoms. The van der Waals surface area contributed by atoms with E-state index in [0.29, 0.717) is 12.2 Å². The molecule has 1 aromatic rings. The molecule has 0 bridgehead atoms. The zero-order valence-corrected chi connectivity index (χ0v) is 14.8. The van der Waals surface area contributed by atoms with E-state index < -0.39 is 11.8 Å². The quantitative estimate of drug-likeness (QED) is 0.833. The summed E-state index contributed by atoms with van der Waals surface area (Å²) in [5.74, 6) is -0.877. The molecule has 2 rings (SSSR count). The lowest BCUT2D eigenvalue weighted by molar-refractivity contribution is -0.143. The molecule has 1 saturated carbocycles. The van der Waals surface area contributed by atoms with Gasteiger partial charge in [-0.2, -0.15) is 0 Å². The first-order valence-corrected chi connectivity index (χ1v) is 8.73. The van der Waals surface area contributed by atoms with Crippen LogP contribution in [0.3, 0.4) is 0 Å². The first kappa shape index (κ1) is 18.5. The maximum atomic E-state index is 12.3. The van der Waals surface area contributed by atoms with Crippen molar-refractivity contribution in [1.82, 2.24) is 4.90 Å². The van der Waals surface area contributed by atoms with Gasteiger partial charge in [-0.1, -0.05) is 44.9 Å². The average molecular weight is 332 g/mol. The van der Waals surface area contributed by atoms with Gasteiger partial charge in [0.1, 0.15) is 0 Å². The van der Waals surface area contributed by atoms with Crippen LogP contribution in [0.2, 0.25) is 0 Å². The summed E-state index contributed by atoms with van der Waals surface area (Å²) in [6.07, 6.45) is 3.40. The highest BCUT2D eigenvalue weighted by molar-refractivity contribution is 6.39. The van der Waals surface area contributed by atoms with Gasteiger partial charge in [0.2, 0.25) is 0 Å². The van der Waals surface area contributed by atoms with Crippen LogP contribution in [0, 0.1) is 5.92 Å². The number of aliphatic hydroxyl groups excluding tert-OH is 1. The molecule has 0 aliphatic heterocycles. The molecule has 1 aromatic carbocycles. The van der Waals surface area contributed by atoms with Crippen LogP contribution in [0.15, 0.2) is 24.3 Å². The summed E-state index contributed by atoms with van der Waals surface area (Å²) in [6.45, 7) is 4.51. The van der Waals surface area contributed by atoms with Gasteiger partial charge < -0.3 is 15.3 Å². The summed E-state index contributed by atoms with van der Waals surface area (Å²) >= 11 is 0. The van der Waals surface area contributed by atoms with Crippen LogP contribution < -0.4 is 5.32 Å². The number of carbonyl (C=O) groups is 2. The minimum atomic E-state index is -0.629. The molecule has 0 spiro atoms. The van der Waals surface area contributed by atoms with Crippen molar-refractivity contribution in [1.29, 1.82) is 0 Å². The maximum absolute atomic E-state index is 12.3. The van der Waals surface area contributed by atoms with Gasteiger partial charge in [0, 0.05) is 25.2 Å². The fraction of sp³-hybridized carbons (Fsp3) is 0.579. The summed E-state index contributed by atoms with van der Waals surface area (Å²) in [5.41, 5.74) is 1.68. The molecule has 1 aliphatic rings. The molecule has 1 aliphatic carbocycles. The molecule has 2 amide bonds. The van der Waals surface area contributed by atoms with E-state index in [2.05, 4.69) is 5.32 Å². The van der Waals surface area contributed by atoms with Crippen molar-refractivity contribution < 1.29 is 14.7 Å². The summed E-state index contributed by atoms with van der Waals surface area (Å²) in [5, 5.41) is 12.8. The highest BCUT2D eigenvalue weighted by Gasteiger charge is 2.28. The van der Waals surface area contributed by atoms with Gasteiger partial charge in [-0.25, -0.2) is 0 Å². The second-order valence-electron chi connectivity index (χ2n) is 6.99. The number of aliphatic hydroxyl groups is 1. The molecular formula is C19H28N2O3. The van der Waals surface area contributed by atoms with Crippen molar-refractivity contribution in [3.8, 4) is 0 Å². The Morgan fingerprint density at radius 3 is 2.58 bits per heavy atom. The number of para-hydroxylation sites is 1. The van der Waals surface area contributed by atoms with Crippen LogP contribution in [-0.4, -0.2) is 41.5 Å². The van der Waals surface area contributed by atoms with E-state index in [0.717, 1.165) is 31.2 Å². The molecule has 0 heterocycles. The molecular weight excluding hydrogens is 304 g/mol. The van der Waals surface area contributed by atoms with Crippen LogP contribution in [0.25, 0.3) is 0 Å². The van der Waals surface area contributed by atoms with Gasteiger partial charge in [-0.3, -0.25) is 9.59 Å². The van der Waals surface area contributed by atoms with Crippen molar-refractivity contribution in [2.24, 2.45) is 5.92 Å². The molecule has 2 unspecified atom stereocenters. The van der Waals surface area contributed by atoms with Crippen molar-refractivity contribution in [3.05, 3.63) is 29.8 Å². The van der Waals surface area contributed by atoms with Gasteiger partial charge in [0.05, 0.1) is 6.10 Å². The zero-order valence-electron chi connectivity index (χ0n) is 14.8. The lowest BCUT2D eigenvalue weighted by atomic mass is 9.86. The van der Waals surface area contributed by atoms with Gasteiger partial charge in [-0.15, -0.1) is 0 Å². The van der Waals surface area contributed by atoms with E-state index in [9.17, 15) is 14.7 Å². The minimum Gasteiger partial charge on any atom is -0.393 e. The van der Waals surface area contributed by atoms with E-state index in [-0.39, 0.29) is 17.9 Å². The highest BCUT2D eigenvalue weighted by atomic mass is 16.3. The van der Waals surface area contributed by atoms with E-state index >= 15 is 0 Å². The Morgan fingerprint density at radius 1 is 1.25 bits per heavy atom. The largest absolute Gasteiger partial charge is 0.393 e. The molecule has 0 radical (unpaired) electrons. The fourth-order valence-corrected chi connectivity index (χ4v) is 3.30. The summed E-state index contributed by atoms with van der Waals surface area (Å²) in [4.78, 5) is 26.1. The Hall–Kier alpha value is -1.88. The Labute approximate surface area is 144 Å². The van der Waals surface area contributed by atoms with E-state index in [1.165, 1.54) is 4.90 Å². The zero-order chi connectivity index (χ0) is 17.7. The van der Waals surface area contributed by atoms with E-state index in [4.69, 9.17) is 0 Å². The molecule has 2 N–H and O–H groups in total.